The average molecular weight is 375 g/mol. The maximum Gasteiger partial charge on any atom is 0.259 e. The van der Waals surface area contributed by atoms with Gasteiger partial charge in [0.05, 0.1) is 17.4 Å². The van der Waals surface area contributed by atoms with Gasteiger partial charge < -0.3 is 10.4 Å². The summed E-state index contributed by atoms with van der Waals surface area (Å²) in [5.74, 6) is -0.547. The summed E-state index contributed by atoms with van der Waals surface area (Å²) in [5.41, 5.74) is 0.817. The molecule has 0 saturated heterocycles. The minimum Gasteiger partial charge on any atom is -0.505 e. The van der Waals surface area contributed by atoms with Crippen molar-refractivity contribution < 1.29 is 9.90 Å². The van der Waals surface area contributed by atoms with Crippen molar-refractivity contribution in [2.75, 3.05) is 5.32 Å². The first-order chi connectivity index (χ1) is 8.58. The van der Waals surface area contributed by atoms with Crippen molar-refractivity contribution in [3.63, 3.8) is 0 Å². The Morgan fingerprint density at radius 3 is 2.83 bits per heavy atom. The van der Waals surface area contributed by atoms with E-state index in [4.69, 9.17) is 11.6 Å². The summed E-state index contributed by atoms with van der Waals surface area (Å²) < 4.78 is 0.821. The van der Waals surface area contributed by atoms with Crippen LogP contribution in [0.4, 0.5) is 5.69 Å². The number of hydrogen-bond acceptors (Lipinski definition) is 3. The molecule has 6 heteroatoms. The lowest BCUT2D eigenvalue weighted by atomic mass is 10.2. The summed E-state index contributed by atoms with van der Waals surface area (Å²) >= 11 is 7.90. The van der Waals surface area contributed by atoms with Crippen LogP contribution < -0.4 is 5.32 Å². The molecule has 0 unspecified atom stereocenters. The number of pyridine rings is 1. The summed E-state index contributed by atoms with van der Waals surface area (Å²) in [6.45, 7) is 0. The molecule has 1 aromatic carbocycles. The van der Waals surface area contributed by atoms with E-state index in [2.05, 4.69) is 32.9 Å². The van der Waals surface area contributed by atoms with Crippen LogP contribution >= 0.6 is 34.2 Å². The Morgan fingerprint density at radius 1 is 1.39 bits per heavy atom. The number of carbonyl (C=O) groups is 1. The van der Waals surface area contributed by atoms with E-state index in [-0.39, 0.29) is 11.3 Å². The maximum atomic E-state index is 11.9. The molecule has 0 radical (unpaired) electrons. The molecule has 18 heavy (non-hydrogen) atoms. The van der Waals surface area contributed by atoms with Gasteiger partial charge in [0.15, 0.2) is 0 Å². The van der Waals surface area contributed by atoms with Crippen molar-refractivity contribution in [1.29, 1.82) is 0 Å². The number of nitrogens with zero attached hydrogens (tertiary/aromatic N) is 1. The smallest absolute Gasteiger partial charge is 0.259 e. The van der Waals surface area contributed by atoms with Crippen LogP contribution in [-0.2, 0) is 0 Å². The van der Waals surface area contributed by atoms with Gasteiger partial charge in [-0.15, -0.1) is 0 Å². The van der Waals surface area contributed by atoms with Gasteiger partial charge in [-0.05, 0) is 46.9 Å². The molecular formula is C12H8ClIN2O2. The molecule has 0 aliphatic heterocycles. The van der Waals surface area contributed by atoms with Crippen LogP contribution in [0.1, 0.15) is 10.4 Å². The second kappa shape index (κ2) is 5.53. The zero-order valence-corrected chi connectivity index (χ0v) is 11.9. The van der Waals surface area contributed by atoms with Crippen molar-refractivity contribution in [3.8, 4) is 5.75 Å². The van der Waals surface area contributed by atoms with Gasteiger partial charge in [-0.25, -0.2) is 0 Å². The van der Waals surface area contributed by atoms with Gasteiger partial charge in [0, 0.05) is 14.8 Å². The van der Waals surface area contributed by atoms with Crippen LogP contribution in [0.15, 0.2) is 36.7 Å². The van der Waals surface area contributed by atoms with Crippen molar-refractivity contribution in [2.24, 2.45) is 0 Å². The van der Waals surface area contributed by atoms with E-state index >= 15 is 0 Å². The van der Waals surface area contributed by atoms with E-state index < -0.39 is 5.91 Å². The number of nitrogens with one attached hydrogen (secondary N) is 1. The lowest BCUT2D eigenvalue weighted by Gasteiger charge is -2.08. The standard InChI is InChI=1S/C12H8ClIN2O2/c13-7-1-2-10(9(14)5-7)16-12(18)8-3-4-15-6-11(8)17/h1-6,17H,(H,16,18). The Hall–Kier alpha value is -1.34. The minimum atomic E-state index is -0.393. The molecule has 2 rings (SSSR count). The van der Waals surface area contributed by atoms with Gasteiger partial charge in [0.1, 0.15) is 5.75 Å². The largest absolute Gasteiger partial charge is 0.505 e. The van der Waals surface area contributed by atoms with Gasteiger partial charge in [-0.3, -0.25) is 9.78 Å². The van der Waals surface area contributed by atoms with E-state index in [1.54, 1.807) is 18.2 Å². The summed E-state index contributed by atoms with van der Waals surface area (Å²) in [6.07, 6.45) is 2.67. The number of amides is 1. The molecule has 1 aromatic heterocycles. The van der Waals surface area contributed by atoms with E-state index in [1.165, 1.54) is 18.5 Å². The third kappa shape index (κ3) is 2.91. The Morgan fingerprint density at radius 2 is 2.17 bits per heavy atom. The summed E-state index contributed by atoms with van der Waals surface area (Å²) in [7, 11) is 0. The first-order valence-corrected chi connectivity index (χ1v) is 6.43. The zero-order chi connectivity index (χ0) is 13.1. The molecule has 0 bridgehead atoms. The predicted octanol–water partition coefficient (Wildman–Crippen LogP) is 3.30. The summed E-state index contributed by atoms with van der Waals surface area (Å²) in [5, 5.41) is 12.8. The molecule has 4 nitrogen and oxygen atoms in total. The summed E-state index contributed by atoms with van der Waals surface area (Å²) in [6, 6.07) is 6.59. The van der Waals surface area contributed by atoms with Crippen LogP contribution in [0.25, 0.3) is 0 Å². The van der Waals surface area contributed by atoms with Gasteiger partial charge >= 0.3 is 0 Å². The number of rotatable bonds is 2. The third-order valence-corrected chi connectivity index (χ3v) is 3.35. The molecule has 0 spiro atoms. The van der Waals surface area contributed by atoms with Crippen molar-refractivity contribution in [3.05, 3.63) is 50.8 Å². The van der Waals surface area contributed by atoms with Gasteiger partial charge in [-0.2, -0.15) is 0 Å². The van der Waals surface area contributed by atoms with Crippen LogP contribution in [0, 0.1) is 3.57 Å². The molecule has 1 heterocycles. The number of hydrogen-bond donors (Lipinski definition) is 2. The van der Waals surface area contributed by atoms with Crippen LogP contribution in [0.3, 0.4) is 0 Å². The normalized spacial score (nSPS) is 10.1. The molecule has 0 fully saturated rings. The van der Waals surface area contributed by atoms with Crippen LogP contribution in [0.5, 0.6) is 5.75 Å². The quantitative estimate of drug-likeness (QED) is 0.793. The van der Waals surface area contributed by atoms with Gasteiger partial charge in [0.2, 0.25) is 0 Å². The number of anilines is 1. The van der Waals surface area contributed by atoms with Gasteiger partial charge in [-0.1, -0.05) is 11.6 Å². The lowest BCUT2D eigenvalue weighted by Crippen LogP contribution is -2.13. The number of benzene rings is 1. The van der Waals surface area contributed by atoms with Crippen LogP contribution in [-0.4, -0.2) is 16.0 Å². The molecule has 0 aliphatic rings. The fourth-order valence-electron chi connectivity index (χ4n) is 1.36. The van der Waals surface area contributed by atoms with E-state index in [0.717, 1.165) is 3.57 Å². The third-order valence-electron chi connectivity index (χ3n) is 2.22. The Labute approximate surface area is 122 Å². The first kappa shape index (κ1) is 13.1. The highest BCUT2D eigenvalue weighted by atomic mass is 127. The topological polar surface area (TPSA) is 62.2 Å². The fourth-order valence-corrected chi connectivity index (χ4v) is 2.36. The number of halogens is 2. The molecule has 92 valence electrons. The van der Waals surface area contributed by atoms with Crippen LogP contribution in [0.2, 0.25) is 5.02 Å². The molecule has 2 N–H and O–H groups in total. The Kier molecular flexibility index (Phi) is 4.03. The zero-order valence-electron chi connectivity index (χ0n) is 9.02. The second-order valence-corrected chi connectivity index (χ2v) is 5.07. The van der Waals surface area contributed by atoms with Crippen molar-refractivity contribution >= 4 is 45.8 Å². The average Bonchev–Trinajstić information content (AvgIpc) is 2.33. The molecule has 0 atom stereocenters. The molecule has 0 saturated carbocycles. The number of aromatic nitrogens is 1. The van der Waals surface area contributed by atoms with E-state index in [0.29, 0.717) is 10.7 Å². The van der Waals surface area contributed by atoms with E-state index in [9.17, 15) is 9.90 Å². The second-order valence-electron chi connectivity index (χ2n) is 3.47. The number of carbonyl (C=O) groups excluding carboxylic acids is 1. The van der Waals surface area contributed by atoms with Crippen molar-refractivity contribution in [2.45, 2.75) is 0 Å². The highest BCUT2D eigenvalue weighted by Gasteiger charge is 2.12. The monoisotopic (exact) mass is 374 g/mol. The Balaban J connectivity index is 2.24. The lowest BCUT2D eigenvalue weighted by molar-refractivity contribution is 0.102. The number of aromatic hydroxyl groups is 1. The maximum absolute atomic E-state index is 11.9. The molecule has 0 aliphatic carbocycles. The summed E-state index contributed by atoms with van der Waals surface area (Å²) in [4.78, 5) is 15.7. The molecule has 1 amide bonds. The highest BCUT2D eigenvalue weighted by Crippen LogP contribution is 2.24. The highest BCUT2D eigenvalue weighted by molar-refractivity contribution is 14.1. The Bertz CT molecular complexity index is 604. The first-order valence-electron chi connectivity index (χ1n) is 4.97. The van der Waals surface area contributed by atoms with Crippen molar-refractivity contribution in [1.82, 2.24) is 4.98 Å². The predicted molar refractivity (Wildman–Crippen MR) is 78.0 cm³/mol. The molecule has 2 aromatic rings. The molecular weight excluding hydrogens is 367 g/mol. The fraction of sp³-hybridized carbons (Fsp3) is 0. The van der Waals surface area contributed by atoms with Gasteiger partial charge in [0.25, 0.3) is 5.91 Å². The van der Waals surface area contributed by atoms with E-state index in [1.807, 2.05) is 0 Å². The SMILES string of the molecule is O=C(Nc1ccc(Cl)cc1I)c1ccncc1O. The minimum absolute atomic E-state index is 0.154.